The minimum absolute atomic E-state index is 0.406. The van der Waals surface area contributed by atoms with Gasteiger partial charge in [0.05, 0.1) is 11.4 Å². The average Bonchev–Trinajstić information content (AvgIpc) is 2.64. The molecule has 0 aromatic heterocycles. The molecule has 0 atom stereocenters. The maximum Gasteiger partial charge on any atom is 0.267 e. The standard InChI is InChI=1S/C20H16F4N2O4S2/c1-11-9-17(25-31(27,28)19-13(21)5-3-6-14(19)22)18(10-12(11)2)26-32(29,30)20-15(23)7-4-8-16(20)24/h3-10,25-26H,1-2H3. The van der Waals surface area contributed by atoms with Gasteiger partial charge in [0, 0.05) is 0 Å². The van der Waals surface area contributed by atoms with Crippen molar-refractivity contribution in [2.75, 3.05) is 9.44 Å². The third kappa shape index (κ3) is 4.55. The van der Waals surface area contributed by atoms with E-state index in [1.807, 2.05) is 9.44 Å². The summed E-state index contributed by atoms with van der Waals surface area (Å²) in [5.41, 5.74) is 0.181. The van der Waals surface area contributed by atoms with Gasteiger partial charge in [-0.2, -0.15) is 0 Å². The lowest BCUT2D eigenvalue weighted by Gasteiger charge is -2.17. The predicted octanol–water partition coefficient (Wildman–Crippen LogP) is 4.46. The zero-order chi connectivity index (χ0) is 23.8. The third-order valence-corrected chi connectivity index (χ3v) is 7.33. The fourth-order valence-electron chi connectivity index (χ4n) is 2.86. The van der Waals surface area contributed by atoms with Gasteiger partial charge in [0.15, 0.2) is 9.79 Å². The highest BCUT2D eigenvalue weighted by atomic mass is 32.2. The Morgan fingerprint density at radius 3 is 1.16 bits per heavy atom. The van der Waals surface area contributed by atoms with Gasteiger partial charge in [-0.25, -0.2) is 34.4 Å². The molecule has 3 rings (SSSR count). The summed E-state index contributed by atoms with van der Waals surface area (Å²) in [7, 11) is -9.69. The molecule has 6 nitrogen and oxygen atoms in total. The molecule has 0 unspecified atom stereocenters. The molecule has 3 aromatic carbocycles. The number of rotatable bonds is 6. The van der Waals surface area contributed by atoms with E-state index in [4.69, 9.17) is 0 Å². The number of anilines is 2. The van der Waals surface area contributed by atoms with Crippen molar-refractivity contribution < 1.29 is 34.4 Å². The fraction of sp³-hybridized carbons (Fsp3) is 0.100. The first-order chi connectivity index (χ1) is 14.8. The summed E-state index contributed by atoms with van der Waals surface area (Å²) in [4.78, 5) is -2.54. The highest BCUT2D eigenvalue weighted by Gasteiger charge is 2.28. The molecule has 0 aliphatic heterocycles. The molecule has 0 fully saturated rings. The highest BCUT2D eigenvalue weighted by Crippen LogP contribution is 2.32. The van der Waals surface area contributed by atoms with Crippen LogP contribution in [0, 0.1) is 37.1 Å². The zero-order valence-corrected chi connectivity index (χ0v) is 18.2. The van der Waals surface area contributed by atoms with Gasteiger partial charge in [0.25, 0.3) is 20.0 Å². The zero-order valence-electron chi connectivity index (χ0n) is 16.6. The van der Waals surface area contributed by atoms with Gasteiger partial charge < -0.3 is 0 Å². The summed E-state index contributed by atoms with van der Waals surface area (Å²) in [5, 5.41) is 0. The second-order valence-electron chi connectivity index (χ2n) is 6.79. The van der Waals surface area contributed by atoms with Crippen LogP contribution < -0.4 is 9.44 Å². The number of hydrogen-bond donors (Lipinski definition) is 2. The van der Waals surface area contributed by atoms with Crippen molar-refractivity contribution >= 4 is 31.4 Å². The Hall–Kier alpha value is -3.12. The van der Waals surface area contributed by atoms with Crippen LogP contribution in [0.3, 0.4) is 0 Å². The Bertz CT molecular complexity index is 1280. The van der Waals surface area contributed by atoms with E-state index in [2.05, 4.69) is 0 Å². The molecule has 0 aliphatic carbocycles. The summed E-state index contributed by atoms with van der Waals surface area (Å²) in [6.07, 6.45) is 0. The molecule has 0 spiro atoms. The van der Waals surface area contributed by atoms with Crippen molar-refractivity contribution in [2.24, 2.45) is 0 Å². The van der Waals surface area contributed by atoms with Crippen LogP contribution in [-0.2, 0) is 20.0 Å². The Morgan fingerprint density at radius 1 is 0.594 bits per heavy atom. The van der Waals surface area contributed by atoms with Crippen LogP contribution in [0.5, 0.6) is 0 Å². The quantitative estimate of drug-likeness (QED) is 0.501. The lowest BCUT2D eigenvalue weighted by molar-refractivity contribution is 0.519. The second-order valence-corrected chi connectivity index (χ2v) is 10.0. The van der Waals surface area contributed by atoms with E-state index in [-0.39, 0.29) is 0 Å². The van der Waals surface area contributed by atoms with E-state index in [1.54, 1.807) is 13.8 Å². The predicted molar refractivity (Wildman–Crippen MR) is 110 cm³/mol. The molecule has 0 saturated heterocycles. The molecule has 170 valence electrons. The highest BCUT2D eigenvalue weighted by molar-refractivity contribution is 7.93. The van der Waals surface area contributed by atoms with Gasteiger partial charge in [0.2, 0.25) is 0 Å². The SMILES string of the molecule is Cc1cc(NS(=O)(=O)c2c(F)cccc2F)c(NS(=O)(=O)c2c(F)cccc2F)cc1C. The molecular weight excluding hydrogens is 472 g/mol. The van der Waals surface area contributed by atoms with Gasteiger partial charge in [-0.05, 0) is 61.4 Å². The fourth-order valence-corrected chi connectivity index (χ4v) is 5.28. The van der Waals surface area contributed by atoms with E-state index >= 15 is 0 Å². The summed E-state index contributed by atoms with van der Waals surface area (Å²) in [6, 6.07) is 7.32. The van der Waals surface area contributed by atoms with Crippen LogP contribution in [0.15, 0.2) is 58.3 Å². The van der Waals surface area contributed by atoms with Crippen LogP contribution in [0.25, 0.3) is 0 Å². The lowest BCUT2D eigenvalue weighted by Crippen LogP contribution is -2.20. The number of halogens is 4. The van der Waals surface area contributed by atoms with Crippen molar-refractivity contribution in [3.8, 4) is 0 Å². The summed E-state index contributed by atoms with van der Waals surface area (Å²) < 4.78 is 111. The molecule has 2 N–H and O–H groups in total. The van der Waals surface area contributed by atoms with Crippen molar-refractivity contribution in [1.82, 2.24) is 0 Å². The van der Waals surface area contributed by atoms with Crippen LogP contribution >= 0.6 is 0 Å². The first-order valence-corrected chi connectivity index (χ1v) is 11.8. The molecule has 12 heteroatoms. The first kappa shape index (κ1) is 23.5. The van der Waals surface area contributed by atoms with Crippen LogP contribution in [0.4, 0.5) is 28.9 Å². The van der Waals surface area contributed by atoms with Crippen molar-refractivity contribution in [1.29, 1.82) is 0 Å². The number of nitrogens with one attached hydrogen (secondary N) is 2. The van der Waals surface area contributed by atoms with Crippen LogP contribution in [-0.4, -0.2) is 16.8 Å². The normalized spacial score (nSPS) is 11.9. The molecule has 32 heavy (non-hydrogen) atoms. The minimum atomic E-state index is -4.85. The number of aryl methyl sites for hydroxylation is 2. The monoisotopic (exact) mass is 488 g/mol. The van der Waals surface area contributed by atoms with E-state index in [1.165, 1.54) is 12.1 Å². The molecule has 0 radical (unpaired) electrons. The smallest absolute Gasteiger partial charge is 0.267 e. The Balaban J connectivity index is 2.11. The van der Waals surface area contributed by atoms with E-state index in [9.17, 15) is 34.4 Å². The van der Waals surface area contributed by atoms with Gasteiger partial charge in [-0.3, -0.25) is 9.44 Å². The van der Waals surface area contributed by atoms with Crippen molar-refractivity contribution in [3.05, 3.63) is 82.9 Å². The number of sulfonamides is 2. The summed E-state index contributed by atoms with van der Waals surface area (Å²) in [5.74, 6) is -5.46. The maximum atomic E-state index is 14.0. The minimum Gasteiger partial charge on any atom is -0.277 e. The van der Waals surface area contributed by atoms with Crippen molar-refractivity contribution in [2.45, 2.75) is 23.6 Å². The van der Waals surface area contributed by atoms with Crippen LogP contribution in [0.1, 0.15) is 11.1 Å². The van der Waals surface area contributed by atoms with Gasteiger partial charge in [0.1, 0.15) is 23.3 Å². The number of hydrogen-bond acceptors (Lipinski definition) is 4. The molecule has 0 heterocycles. The van der Waals surface area contributed by atoms with E-state index in [0.717, 1.165) is 36.4 Å². The third-order valence-electron chi connectivity index (χ3n) is 4.50. The molecular formula is C20H16F4N2O4S2. The van der Waals surface area contributed by atoms with Crippen molar-refractivity contribution in [3.63, 3.8) is 0 Å². The topological polar surface area (TPSA) is 92.3 Å². The van der Waals surface area contributed by atoms with Gasteiger partial charge >= 0.3 is 0 Å². The summed E-state index contributed by atoms with van der Waals surface area (Å²) in [6.45, 7) is 3.15. The summed E-state index contributed by atoms with van der Waals surface area (Å²) >= 11 is 0. The Labute approximate surface area is 182 Å². The maximum absolute atomic E-state index is 14.0. The molecule has 0 saturated carbocycles. The molecule has 0 bridgehead atoms. The Kier molecular flexibility index (Phi) is 6.20. The Morgan fingerprint density at radius 2 is 0.875 bits per heavy atom. The second kappa shape index (κ2) is 8.43. The van der Waals surface area contributed by atoms with Crippen LogP contribution in [0.2, 0.25) is 0 Å². The van der Waals surface area contributed by atoms with Gasteiger partial charge in [-0.1, -0.05) is 12.1 Å². The molecule has 0 amide bonds. The molecule has 3 aromatic rings. The van der Waals surface area contributed by atoms with Gasteiger partial charge in [-0.15, -0.1) is 0 Å². The number of benzene rings is 3. The van der Waals surface area contributed by atoms with E-state index < -0.39 is 64.5 Å². The lowest BCUT2D eigenvalue weighted by atomic mass is 10.1. The largest absolute Gasteiger partial charge is 0.277 e. The average molecular weight is 488 g/mol. The first-order valence-electron chi connectivity index (χ1n) is 8.88. The van der Waals surface area contributed by atoms with E-state index in [0.29, 0.717) is 11.1 Å². The molecule has 0 aliphatic rings.